The van der Waals surface area contributed by atoms with Gasteiger partial charge in [0, 0.05) is 35.4 Å². The van der Waals surface area contributed by atoms with Crippen LogP contribution in [0.1, 0.15) is 25.0 Å². The second-order valence-electron chi connectivity index (χ2n) is 6.78. The van der Waals surface area contributed by atoms with E-state index < -0.39 is 18.5 Å². The van der Waals surface area contributed by atoms with E-state index in [2.05, 4.69) is 5.32 Å². The number of fused-ring (bicyclic) bond motifs is 1. The summed E-state index contributed by atoms with van der Waals surface area (Å²) in [4.78, 5) is 24.0. The van der Waals surface area contributed by atoms with E-state index in [1.165, 1.54) is 6.08 Å². The molecule has 30 heavy (non-hydrogen) atoms. The zero-order chi connectivity index (χ0) is 21.5. The van der Waals surface area contributed by atoms with Crippen molar-refractivity contribution >= 4 is 23.6 Å². The van der Waals surface area contributed by atoms with Crippen molar-refractivity contribution in [2.75, 3.05) is 25.6 Å². The molecule has 2 aromatic carbocycles. The smallest absolute Gasteiger partial charge is 0.331 e. The van der Waals surface area contributed by atoms with Crippen LogP contribution in [0.15, 0.2) is 42.5 Å². The van der Waals surface area contributed by atoms with Crippen LogP contribution in [0.25, 0.3) is 6.08 Å². The Morgan fingerprint density at radius 1 is 1.27 bits per heavy atom. The van der Waals surface area contributed by atoms with Gasteiger partial charge in [-0.3, -0.25) is 4.79 Å². The molecule has 1 N–H and O–H groups in total. The Bertz CT molecular complexity index is 953. The fourth-order valence-electron chi connectivity index (χ4n) is 3.11. The van der Waals surface area contributed by atoms with Crippen LogP contribution in [0.2, 0.25) is 0 Å². The largest absolute Gasteiger partial charge is 0.497 e. The molecule has 0 bridgehead atoms. The summed E-state index contributed by atoms with van der Waals surface area (Å²) in [5.74, 6) is 1.00. The van der Waals surface area contributed by atoms with E-state index >= 15 is 0 Å². The molecule has 1 aliphatic heterocycles. The van der Waals surface area contributed by atoms with Gasteiger partial charge in [-0.25, -0.2) is 4.79 Å². The van der Waals surface area contributed by atoms with Gasteiger partial charge in [0.15, 0.2) is 6.61 Å². The summed E-state index contributed by atoms with van der Waals surface area (Å²) in [7, 11) is 1.54. The summed E-state index contributed by atoms with van der Waals surface area (Å²) >= 11 is 0. The SMILES string of the molecule is CCOc1cc2c(cc1/C=C/C(=O)OCC(=O)Nc1cccc(OC)c1)O[C@H](C)C2. The van der Waals surface area contributed by atoms with Crippen molar-refractivity contribution < 1.29 is 28.5 Å². The number of esters is 1. The lowest BCUT2D eigenvalue weighted by Crippen LogP contribution is -2.20. The lowest BCUT2D eigenvalue weighted by Gasteiger charge is -2.10. The maximum atomic E-state index is 12.0. The Morgan fingerprint density at radius 3 is 2.87 bits per heavy atom. The van der Waals surface area contributed by atoms with Gasteiger partial charge in [-0.05, 0) is 44.2 Å². The van der Waals surface area contributed by atoms with Gasteiger partial charge in [0.2, 0.25) is 0 Å². The van der Waals surface area contributed by atoms with Crippen molar-refractivity contribution in [1.82, 2.24) is 0 Å². The molecule has 0 spiro atoms. The molecule has 1 heterocycles. The number of rotatable bonds is 8. The summed E-state index contributed by atoms with van der Waals surface area (Å²) in [5, 5.41) is 2.65. The third-order valence-corrected chi connectivity index (χ3v) is 4.43. The van der Waals surface area contributed by atoms with Gasteiger partial charge in [-0.2, -0.15) is 0 Å². The predicted molar refractivity (Wildman–Crippen MR) is 113 cm³/mol. The highest BCUT2D eigenvalue weighted by molar-refractivity contribution is 5.94. The Morgan fingerprint density at radius 2 is 2.10 bits per heavy atom. The average Bonchev–Trinajstić information content (AvgIpc) is 3.09. The number of amides is 1. The zero-order valence-electron chi connectivity index (χ0n) is 17.3. The summed E-state index contributed by atoms with van der Waals surface area (Å²) in [5.41, 5.74) is 2.35. The Balaban J connectivity index is 1.58. The molecule has 0 saturated heterocycles. The average molecular weight is 411 g/mol. The second-order valence-corrected chi connectivity index (χ2v) is 6.78. The lowest BCUT2D eigenvalue weighted by atomic mass is 10.1. The van der Waals surface area contributed by atoms with Crippen LogP contribution in [-0.4, -0.2) is 38.3 Å². The molecule has 1 atom stereocenters. The number of hydrogen-bond acceptors (Lipinski definition) is 6. The molecule has 0 aliphatic carbocycles. The van der Waals surface area contributed by atoms with Crippen molar-refractivity contribution in [3.05, 3.63) is 53.6 Å². The van der Waals surface area contributed by atoms with E-state index in [1.54, 1.807) is 37.5 Å². The number of benzene rings is 2. The van der Waals surface area contributed by atoms with Crippen LogP contribution in [0.4, 0.5) is 5.69 Å². The van der Waals surface area contributed by atoms with Gasteiger partial charge in [-0.1, -0.05) is 6.07 Å². The molecule has 7 heteroatoms. The first-order chi connectivity index (χ1) is 14.5. The molecule has 0 radical (unpaired) electrons. The number of carbonyl (C=O) groups is 2. The lowest BCUT2D eigenvalue weighted by molar-refractivity contribution is -0.142. The maximum absolute atomic E-state index is 12.0. The maximum Gasteiger partial charge on any atom is 0.331 e. The van der Waals surface area contributed by atoms with Crippen LogP contribution in [0.5, 0.6) is 17.2 Å². The van der Waals surface area contributed by atoms with Crippen LogP contribution in [0.3, 0.4) is 0 Å². The zero-order valence-corrected chi connectivity index (χ0v) is 17.3. The fraction of sp³-hybridized carbons (Fsp3) is 0.304. The normalized spacial score (nSPS) is 14.7. The van der Waals surface area contributed by atoms with E-state index in [4.69, 9.17) is 18.9 Å². The molecule has 0 unspecified atom stereocenters. The molecule has 3 rings (SSSR count). The third-order valence-electron chi connectivity index (χ3n) is 4.43. The minimum Gasteiger partial charge on any atom is -0.497 e. The summed E-state index contributed by atoms with van der Waals surface area (Å²) < 4.78 is 21.6. The summed E-state index contributed by atoms with van der Waals surface area (Å²) in [6.45, 7) is 4.01. The molecule has 2 aromatic rings. The first-order valence-electron chi connectivity index (χ1n) is 9.73. The number of nitrogens with one attached hydrogen (secondary N) is 1. The summed E-state index contributed by atoms with van der Waals surface area (Å²) in [6, 6.07) is 10.7. The van der Waals surface area contributed by atoms with Crippen molar-refractivity contribution in [3.63, 3.8) is 0 Å². The highest BCUT2D eigenvalue weighted by Crippen LogP contribution is 2.35. The van der Waals surface area contributed by atoms with Crippen molar-refractivity contribution in [3.8, 4) is 17.2 Å². The minimum atomic E-state index is -0.631. The molecule has 0 aromatic heterocycles. The molecular weight excluding hydrogens is 386 g/mol. The van der Waals surface area contributed by atoms with Gasteiger partial charge in [-0.15, -0.1) is 0 Å². The van der Waals surface area contributed by atoms with Gasteiger partial charge in [0.25, 0.3) is 5.91 Å². The standard InChI is InChI=1S/C23H25NO6/c1-4-28-20-12-17-10-15(2)30-21(17)11-16(20)8-9-23(26)29-14-22(25)24-18-6-5-7-19(13-18)27-3/h5-9,11-13,15H,4,10,14H2,1-3H3,(H,24,25)/b9-8+/t15-/m1/s1. The minimum absolute atomic E-state index is 0.113. The van der Waals surface area contributed by atoms with Crippen LogP contribution < -0.4 is 19.5 Å². The summed E-state index contributed by atoms with van der Waals surface area (Å²) in [6.07, 6.45) is 3.80. The molecule has 1 amide bonds. The first kappa shape index (κ1) is 21.2. The predicted octanol–water partition coefficient (Wildman–Crippen LogP) is 3.61. The highest BCUT2D eigenvalue weighted by atomic mass is 16.5. The van der Waals surface area contributed by atoms with E-state index in [0.29, 0.717) is 29.4 Å². The molecule has 1 aliphatic rings. The number of ether oxygens (including phenoxy) is 4. The fourth-order valence-corrected chi connectivity index (χ4v) is 3.11. The number of methoxy groups -OCH3 is 1. The van der Waals surface area contributed by atoms with Gasteiger partial charge in [0.1, 0.15) is 23.4 Å². The monoisotopic (exact) mass is 411 g/mol. The van der Waals surface area contributed by atoms with Crippen LogP contribution >= 0.6 is 0 Å². The quantitative estimate of drug-likeness (QED) is 0.528. The van der Waals surface area contributed by atoms with E-state index in [0.717, 1.165) is 17.7 Å². The van der Waals surface area contributed by atoms with Gasteiger partial charge in [0.05, 0.1) is 13.7 Å². The van der Waals surface area contributed by atoms with E-state index in [1.807, 2.05) is 26.0 Å². The topological polar surface area (TPSA) is 83.1 Å². The number of anilines is 1. The second kappa shape index (κ2) is 9.82. The number of hydrogen-bond donors (Lipinski definition) is 1. The Kier molecular flexibility index (Phi) is 6.95. The molecule has 0 saturated carbocycles. The molecular formula is C23H25NO6. The van der Waals surface area contributed by atoms with Crippen molar-refractivity contribution in [1.29, 1.82) is 0 Å². The van der Waals surface area contributed by atoms with Crippen molar-refractivity contribution in [2.24, 2.45) is 0 Å². The van der Waals surface area contributed by atoms with Crippen molar-refractivity contribution in [2.45, 2.75) is 26.4 Å². The molecule has 0 fully saturated rings. The number of carbonyl (C=O) groups excluding carboxylic acids is 2. The van der Waals surface area contributed by atoms with E-state index in [9.17, 15) is 9.59 Å². The van der Waals surface area contributed by atoms with Gasteiger partial charge >= 0.3 is 5.97 Å². The molecule has 158 valence electrons. The van der Waals surface area contributed by atoms with E-state index in [-0.39, 0.29) is 6.10 Å². The van der Waals surface area contributed by atoms with Crippen LogP contribution in [-0.2, 0) is 20.7 Å². The highest BCUT2D eigenvalue weighted by Gasteiger charge is 2.21. The molecule has 7 nitrogen and oxygen atoms in total. The Labute approximate surface area is 175 Å². The van der Waals surface area contributed by atoms with Crippen LogP contribution in [0, 0.1) is 0 Å². The third kappa shape index (κ3) is 5.53. The van der Waals surface area contributed by atoms with Gasteiger partial charge < -0.3 is 24.3 Å². The first-order valence-corrected chi connectivity index (χ1v) is 9.73. The Hall–Kier alpha value is -3.48.